The zero-order valence-electron chi connectivity index (χ0n) is 26.3. The fourth-order valence-electron chi connectivity index (χ4n) is 7.00. The summed E-state index contributed by atoms with van der Waals surface area (Å²) in [5.74, 6) is 1.79. The fourth-order valence-corrected chi connectivity index (χ4v) is 7.00. The fraction of sp³-hybridized carbons (Fsp3) is 0. The summed E-state index contributed by atoms with van der Waals surface area (Å²) in [6.07, 6.45) is 0. The van der Waals surface area contributed by atoms with Gasteiger partial charge in [-0.1, -0.05) is 140 Å². The Bertz CT molecular complexity index is 2870. The Kier molecular flexibility index (Phi) is 6.15. The molecule has 0 aliphatic rings. The van der Waals surface area contributed by atoms with Crippen molar-refractivity contribution in [3.8, 4) is 45.3 Å². The third kappa shape index (κ3) is 4.65. The Morgan fingerprint density at radius 3 is 1.65 bits per heavy atom. The number of rotatable bonds is 4. The van der Waals surface area contributed by atoms with E-state index >= 15 is 0 Å². The second kappa shape index (κ2) is 11.0. The molecule has 0 aliphatic heterocycles. The maximum atomic E-state index is 6.74. The second-order valence-corrected chi connectivity index (χ2v) is 12.5. The molecule has 4 nitrogen and oxygen atoms in total. The lowest BCUT2D eigenvalue weighted by Crippen LogP contribution is -2.00. The van der Waals surface area contributed by atoms with Gasteiger partial charge in [0.15, 0.2) is 17.5 Å². The molecule has 0 radical (unpaired) electrons. The Labute approximate surface area is 282 Å². The number of aromatic nitrogens is 3. The Balaban J connectivity index is 1.18. The highest BCUT2D eigenvalue weighted by Gasteiger charge is 2.20. The van der Waals surface area contributed by atoms with Crippen molar-refractivity contribution in [2.24, 2.45) is 0 Å². The topological polar surface area (TPSA) is 51.8 Å². The predicted molar refractivity (Wildman–Crippen MR) is 201 cm³/mol. The number of nitrogens with zero attached hydrogens (tertiary/aromatic N) is 3. The molecule has 0 bridgehead atoms. The number of hydrogen-bond donors (Lipinski definition) is 0. The summed E-state index contributed by atoms with van der Waals surface area (Å²) >= 11 is 0. The van der Waals surface area contributed by atoms with E-state index in [9.17, 15) is 0 Å². The average Bonchev–Trinajstić information content (AvgIpc) is 3.55. The van der Waals surface area contributed by atoms with Crippen LogP contribution in [0.2, 0.25) is 0 Å². The van der Waals surface area contributed by atoms with E-state index in [1.54, 1.807) is 0 Å². The van der Waals surface area contributed by atoms with E-state index in [4.69, 9.17) is 19.4 Å². The van der Waals surface area contributed by atoms with Crippen LogP contribution in [0.1, 0.15) is 0 Å². The van der Waals surface area contributed by atoms with E-state index in [0.29, 0.717) is 17.5 Å². The normalized spacial score (nSPS) is 11.7. The van der Waals surface area contributed by atoms with Crippen molar-refractivity contribution < 1.29 is 4.42 Å². The van der Waals surface area contributed by atoms with E-state index in [1.165, 1.54) is 21.7 Å². The van der Waals surface area contributed by atoms with Crippen LogP contribution in [-0.4, -0.2) is 15.0 Å². The molecule has 2 aromatic heterocycles. The standard InChI is InChI=1S/C45H27N3O/c1-2-11-30(12-3-1)43-46-44(31-21-18-29(19-22-31)35-23-20-28-10-4-5-13-32(28)24-35)48-45(47-43)39-26-36-16-8-9-17-37(36)41-38-25-33-14-6-7-15-34(33)27-40(38)49-42(39)41/h1-27H. The molecular formula is C45H27N3O. The van der Waals surface area contributed by atoms with Crippen molar-refractivity contribution in [2.45, 2.75) is 0 Å². The minimum atomic E-state index is 0.571. The molecule has 0 unspecified atom stereocenters. The summed E-state index contributed by atoms with van der Waals surface area (Å²) in [5.41, 5.74) is 6.59. The van der Waals surface area contributed by atoms with Gasteiger partial charge >= 0.3 is 0 Å². The summed E-state index contributed by atoms with van der Waals surface area (Å²) in [7, 11) is 0. The van der Waals surface area contributed by atoms with Gasteiger partial charge in [-0.05, 0) is 67.7 Å². The first kappa shape index (κ1) is 27.5. The minimum absolute atomic E-state index is 0.571. The van der Waals surface area contributed by atoms with Gasteiger partial charge in [-0.2, -0.15) is 0 Å². The van der Waals surface area contributed by atoms with Crippen LogP contribution in [0.5, 0.6) is 0 Å². The van der Waals surface area contributed by atoms with Gasteiger partial charge in [0, 0.05) is 21.9 Å². The van der Waals surface area contributed by atoms with Crippen molar-refractivity contribution in [2.75, 3.05) is 0 Å². The molecule has 0 aliphatic carbocycles. The van der Waals surface area contributed by atoms with Crippen molar-refractivity contribution in [3.05, 3.63) is 164 Å². The van der Waals surface area contributed by atoms with Crippen LogP contribution >= 0.6 is 0 Å². The Hall–Kier alpha value is -6.65. The van der Waals surface area contributed by atoms with Gasteiger partial charge in [-0.25, -0.2) is 15.0 Å². The summed E-state index contributed by atoms with van der Waals surface area (Å²) < 4.78 is 6.74. The van der Waals surface area contributed by atoms with Crippen LogP contribution in [0, 0.1) is 0 Å². The van der Waals surface area contributed by atoms with E-state index in [2.05, 4.69) is 133 Å². The smallest absolute Gasteiger partial charge is 0.167 e. The quantitative estimate of drug-likeness (QED) is 0.195. The van der Waals surface area contributed by atoms with E-state index < -0.39 is 0 Å². The monoisotopic (exact) mass is 625 g/mol. The molecule has 0 N–H and O–H groups in total. The number of benzene rings is 8. The van der Waals surface area contributed by atoms with Crippen LogP contribution < -0.4 is 0 Å². The molecule has 0 saturated carbocycles. The van der Waals surface area contributed by atoms with Crippen LogP contribution in [0.4, 0.5) is 0 Å². The van der Waals surface area contributed by atoms with Gasteiger partial charge in [0.2, 0.25) is 0 Å². The number of fused-ring (bicyclic) bond motifs is 7. The van der Waals surface area contributed by atoms with Gasteiger partial charge < -0.3 is 4.42 Å². The molecule has 0 amide bonds. The molecule has 228 valence electrons. The highest BCUT2D eigenvalue weighted by atomic mass is 16.3. The molecule has 10 rings (SSSR count). The zero-order valence-corrected chi connectivity index (χ0v) is 26.3. The molecule has 8 aromatic carbocycles. The SMILES string of the molecule is c1ccc(-c2nc(-c3ccc(-c4ccc5ccccc5c4)cc3)nc(-c3cc4ccccc4c4c3oc3cc5ccccc5cc34)n2)cc1. The zero-order chi connectivity index (χ0) is 32.3. The first-order chi connectivity index (χ1) is 24.2. The number of furan rings is 1. The van der Waals surface area contributed by atoms with Gasteiger partial charge in [0.25, 0.3) is 0 Å². The lowest BCUT2D eigenvalue weighted by atomic mass is 9.98. The van der Waals surface area contributed by atoms with Crippen molar-refractivity contribution in [3.63, 3.8) is 0 Å². The van der Waals surface area contributed by atoms with Crippen molar-refractivity contribution in [1.82, 2.24) is 15.0 Å². The molecule has 0 spiro atoms. The molecular weight excluding hydrogens is 599 g/mol. The van der Waals surface area contributed by atoms with Crippen LogP contribution in [0.15, 0.2) is 168 Å². The van der Waals surface area contributed by atoms with Gasteiger partial charge in [-0.3, -0.25) is 0 Å². The summed E-state index contributed by atoms with van der Waals surface area (Å²) in [6.45, 7) is 0. The average molecular weight is 626 g/mol. The summed E-state index contributed by atoms with van der Waals surface area (Å²) in [6, 6.07) is 57.0. The molecule has 0 saturated heterocycles. The van der Waals surface area contributed by atoms with Crippen molar-refractivity contribution >= 4 is 54.3 Å². The Morgan fingerprint density at radius 2 is 0.898 bits per heavy atom. The van der Waals surface area contributed by atoms with Crippen LogP contribution in [-0.2, 0) is 0 Å². The van der Waals surface area contributed by atoms with Gasteiger partial charge in [0.1, 0.15) is 11.2 Å². The predicted octanol–water partition coefficient (Wildman–Crippen LogP) is 11.9. The molecule has 49 heavy (non-hydrogen) atoms. The third-order valence-electron chi connectivity index (χ3n) is 9.47. The first-order valence-electron chi connectivity index (χ1n) is 16.4. The lowest BCUT2D eigenvalue weighted by molar-refractivity contribution is 0.670. The molecule has 4 heteroatoms. The molecule has 10 aromatic rings. The largest absolute Gasteiger partial charge is 0.455 e. The van der Waals surface area contributed by atoms with Gasteiger partial charge in [0.05, 0.1) is 5.56 Å². The summed E-state index contributed by atoms with van der Waals surface area (Å²) in [4.78, 5) is 15.2. The first-order valence-corrected chi connectivity index (χ1v) is 16.4. The molecule has 0 atom stereocenters. The summed E-state index contributed by atoms with van der Waals surface area (Å²) in [5, 5.41) is 9.15. The molecule has 2 heterocycles. The maximum absolute atomic E-state index is 6.74. The molecule has 0 fully saturated rings. The van der Waals surface area contributed by atoms with E-state index in [0.717, 1.165) is 60.4 Å². The lowest BCUT2D eigenvalue weighted by Gasteiger charge is -2.11. The van der Waals surface area contributed by atoms with Crippen LogP contribution in [0.25, 0.3) is 99.5 Å². The number of hydrogen-bond acceptors (Lipinski definition) is 4. The Morgan fingerprint density at radius 1 is 0.347 bits per heavy atom. The van der Waals surface area contributed by atoms with E-state index in [-0.39, 0.29) is 0 Å². The highest BCUT2D eigenvalue weighted by molar-refractivity contribution is 6.23. The maximum Gasteiger partial charge on any atom is 0.167 e. The van der Waals surface area contributed by atoms with Crippen molar-refractivity contribution in [1.29, 1.82) is 0 Å². The minimum Gasteiger partial charge on any atom is -0.455 e. The third-order valence-corrected chi connectivity index (χ3v) is 9.47. The second-order valence-electron chi connectivity index (χ2n) is 12.5. The highest BCUT2D eigenvalue weighted by Crippen LogP contribution is 2.42. The van der Waals surface area contributed by atoms with Gasteiger partial charge in [-0.15, -0.1) is 0 Å². The van der Waals surface area contributed by atoms with E-state index in [1.807, 2.05) is 30.3 Å². The van der Waals surface area contributed by atoms with Crippen LogP contribution in [0.3, 0.4) is 0 Å².